The van der Waals surface area contributed by atoms with Crippen molar-refractivity contribution in [2.45, 2.75) is 32.3 Å². The fourth-order valence-corrected chi connectivity index (χ4v) is 7.17. The third kappa shape index (κ3) is 4.42. The van der Waals surface area contributed by atoms with Crippen molar-refractivity contribution in [1.82, 2.24) is 9.65 Å². The molecule has 8 heteroatoms. The fourth-order valence-electron chi connectivity index (χ4n) is 3.96. The average molecular weight is 434 g/mol. The van der Waals surface area contributed by atoms with E-state index >= 15 is 0 Å². The van der Waals surface area contributed by atoms with E-state index in [0.717, 1.165) is 36.3 Å². The van der Waals surface area contributed by atoms with Crippen LogP contribution in [0.2, 0.25) is 0 Å². The van der Waals surface area contributed by atoms with Crippen molar-refractivity contribution >= 4 is 7.29 Å². The van der Waals surface area contributed by atoms with Crippen molar-refractivity contribution in [2.75, 3.05) is 40.6 Å². The number of phenols is 1. The Morgan fingerprint density at radius 3 is 2.37 bits per heavy atom. The van der Waals surface area contributed by atoms with Crippen LogP contribution >= 0.6 is 7.29 Å². The van der Waals surface area contributed by atoms with E-state index in [-0.39, 0.29) is 23.9 Å². The third-order valence-electron chi connectivity index (χ3n) is 5.74. The number of aryl methyl sites for hydroxylation is 2. The van der Waals surface area contributed by atoms with E-state index in [2.05, 4.69) is 4.98 Å². The van der Waals surface area contributed by atoms with Gasteiger partial charge in [-0.15, -0.1) is 0 Å². The molecule has 0 aliphatic carbocycles. The topological polar surface area (TPSA) is 81.1 Å². The van der Waals surface area contributed by atoms with E-state index in [1.165, 1.54) is 14.2 Å². The third-order valence-corrected chi connectivity index (χ3v) is 9.47. The second kappa shape index (κ2) is 9.27. The van der Waals surface area contributed by atoms with Gasteiger partial charge in [0.15, 0.2) is 18.8 Å². The Labute approximate surface area is 178 Å². The van der Waals surface area contributed by atoms with Crippen LogP contribution < -0.4 is 14.2 Å². The maximum absolute atomic E-state index is 14.2. The summed E-state index contributed by atoms with van der Waals surface area (Å²) >= 11 is 0. The highest BCUT2D eigenvalue weighted by molar-refractivity contribution is 7.62. The molecule has 3 rings (SSSR count). The zero-order valence-corrected chi connectivity index (χ0v) is 19.2. The summed E-state index contributed by atoms with van der Waals surface area (Å²) < 4.78 is 33.0. The Kier molecular flexibility index (Phi) is 6.94. The Balaban J connectivity index is 2.03. The molecule has 1 aromatic heterocycles. The molecule has 2 heterocycles. The molecule has 0 saturated carbocycles. The molecular formula is C22H31N2O5P. The fraction of sp³-hybridized carbons (Fsp3) is 0.500. The number of hydrogen-bond donors (Lipinski definition) is 1. The van der Waals surface area contributed by atoms with Crippen LogP contribution in [0, 0.1) is 13.8 Å². The van der Waals surface area contributed by atoms with E-state index in [4.69, 9.17) is 14.2 Å². The summed E-state index contributed by atoms with van der Waals surface area (Å²) in [5, 5.41) is 10.3. The maximum Gasteiger partial charge on any atom is 0.200 e. The van der Waals surface area contributed by atoms with Gasteiger partial charge in [0.05, 0.1) is 25.6 Å². The molecule has 1 N–H and O–H groups in total. The van der Waals surface area contributed by atoms with Gasteiger partial charge in [-0.3, -0.25) is 9.65 Å². The van der Waals surface area contributed by atoms with Crippen LogP contribution in [-0.4, -0.2) is 55.3 Å². The molecule has 1 aliphatic rings. The van der Waals surface area contributed by atoms with Crippen LogP contribution in [0.15, 0.2) is 24.3 Å². The molecule has 7 nitrogen and oxygen atoms in total. The highest BCUT2D eigenvalue weighted by Gasteiger charge is 2.41. The van der Waals surface area contributed by atoms with Gasteiger partial charge in [0, 0.05) is 18.4 Å². The number of rotatable bonds is 7. The van der Waals surface area contributed by atoms with Crippen molar-refractivity contribution in [3.8, 4) is 23.0 Å². The van der Waals surface area contributed by atoms with E-state index in [1.54, 1.807) is 12.1 Å². The van der Waals surface area contributed by atoms with Gasteiger partial charge in [0.1, 0.15) is 12.4 Å². The van der Waals surface area contributed by atoms with E-state index in [9.17, 15) is 9.67 Å². The number of phenolic OH excluding ortho intramolecular Hbond substituents is 1. The molecule has 0 amide bonds. The molecule has 164 valence electrons. The Bertz CT molecular complexity index is 924. The molecule has 1 aromatic carbocycles. The maximum atomic E-state index is 14.2. The lowest BCUT2D eigenvalue weighted by Gasteiger charge is -2.38. The minimum absolute atomic E-state index is 0.0720. The van der Waals surface area contributed by atoms with Crippen molar-refractivity contribution in [1.29, 1.82) is 0 Å². The molecule has 2 unspecified atom stereocenters. The smallest absolute Gasteiger partial charge is 0.200 e. The first-order valence-corrected chi connectivity index (χ1v) is 12.0. The lowest BCUT2D eigenvalue weighted by molar-refractivity contribution is 0.299. The number of aromatic hydroxyl groups is 1. The summed E-state index contributed by atoms with van der Waals surface area (Å²) in [5.41, 5.74) is 2.08. The van der Waals surface area contributed by atoms with Gasteiger partial charge in [0.2, 0.25) is 5.75 Å². The molecule has 1 fully saturated rings. The molecule has 1 aliphatic heterocycles. The summed E-state index contributed by atoms with van der Waals surface area (Å²) in [6.07, 6.45) is 2.56. The average Bonchev–Trinajstić information content (AvgIpc) is 2.72. The summed E-state index contributed by atoms with van der Waals surface area (Å²) in [6, 6.07) is 7.26. The number of benzene rings is 1. The number of pyridine rings is 1. The van der Waals surface area contributed by atoms with Crippen LogP contribution in [0.3, 0.4) is 0 Å². The van der Waals surface area contributed by atoms with Crippen LogP contribution in [-0.2, 0) is 4.57 Å². The number of methoxy groups -OCH3 is 2. The van der Waals surface area contributed by atoms with Crippen molar-refractivity contribution in [2.24, 2.45) is 0 Å². The predicted molar refractivity (Wildman–Crippen MR) is 117 cm³/mol. The van der Waals surface area contributed by atoms with Gasteiger partial charge in [-0.05, 0) is 63.6 Å². The second-order valence-corrected chi connectivity index (χ2v) is 11.0. The van der Waals surface area contributed by atoms with Crippen LogP contribution in [0.4, 0.5) is 0 Å². The first-order valence-electron chi connectivity index (χ1n) is 10.1. The van der Waals surface area contributed by atoms with Crippen molar-refractivity contribution in [3.63, 3.8) is 0 Å². The molecule has 0 spiro atoms. The molecule has 2 aromatic rings. The monoisotopic (exact) mass is 434 g/mol. The van der Waals surface area contributed by atoms with Crippen LogP contribution in [0.5, 0.6) is 23.0 Å². The van der Waals surface area contributed by atoms with E-state index < -0.39 is 13.0 Å². The number of nitrogens with zero attached hydrogens (tertiary/aromatic N) is 2. The van der Waals surface area contributed by atoms with E-state index in [1.807, 2.05) is 37.7 Å². The molecular weight excluding hydrogens is 403 g/mol. The van der Waals surface area contributed by atoms with Crippen molar-refractivity contribution < 1.29 is 23.9 Å². The Morgan fingerprint density at radius 1 is 1.13 bits per heavy atom. The van der Waals surface area contributed by atoms with Gasteiger partial charge in [-0.25, -0.2) is 0 Å². The molecule has 2 atom stereocenters. The molecule has 0 radical (unpaired) electrons. The highest BCUT2D eigenvalue weighted by Crippen LogP contribution is 2.64. The lowest BCUT2D eigenvalue weighted by atomic mass is 10.1. The minimum atomic E-state index is -2.78. The minimum Gasteiger partial charge on any atom is -0.502 e. The van der Waals surface area contributed by atoms with Gasteiger partial charge < -0.3 is 23.9 Å². The largest absolute Gasteiger partial charge is 0.502 e. The molecule has 0 bridgehead atoms. The highest BCUT2D eigenvalue weighted by atomic mass is 31.2. The first kappa shape index (κ1) is 22.4. The predicted octanol–water partition coefficient (Wildman–Crippen LogP) is 4.55. The zero-order chi connectivity index (χ0) is 21.9. The van der Waals surface area contributed by atoms with Gasteiger partial charge in [-0.1, -0.05) is 0 Å². The quantitative estimate of drug-likeness (QED) is 0.641. The van der Waals surface area contributed by atoms with Gasteiger partial charge >= 0.3 is 0 Å². The van der Waals surface area contributed by atoms with Crippen molar-refractivity contribution in [3.05, 3.63) is 41.2 Å². The number of aromatic nitrogens is 1. The summed E-state index contributed by atoms with van der Waals surface area (Å²) in [4.78, 5) is 4.46. The Morgan fingerprint density at radius 2 is 1.80 bits per heavy atom. The van der Waals surface area contributed by atoms with Crippen LogP contribution in [0.1, 0.15) is 35.5 Å². The summed E-state index contributed by atoms with van der Waals surface area (Å²) in [7, 11) is 2.11. The SMILES string of the molecule is COc1cc(C(COc2ccc(C)nc2C)P2(=O)CCCCN2C)cc(OC)c1O. The van der Waals surface area contributed by atoms with E-state index in [0.29, 0.717) is 11.9 Å². The molecule has 30 heavy (non-hydrogen) atoms. The standard InChI is InChI=1S/C22H31N2O5P/c1-15-8-9-18(16(2)23-15)29-14-21(30(26)11-7-6-10-24(30)3)17-12-19(27-4)22(25)20(13-17)28-5/h8-9,12-13,21,25H,6-7,10-11,14H2,1-5H3. The number of ether oxygens (including phenoxy) is 3. The van der Waals surface area contributed by atoms with Gasteiger partial charge in [-0.2, -0.15) is 0 Å². The zero-order valence-electron chi connectivity index (χ0n) is 18.3. The molecule has 1 saturated heterocycles. The van der Waals surface area contributed by atoms with Crippen LogP contribution in [0.25, 0.3) is 0 Å². The lowest BCUT2D eigenvalue weighted by Crippen LogP contribution is -2.29. The normalized spacial score (nSPS) is 20.6. The van der Waals surface area contributed by atoms with Gasteiger partial charge in [0.25, 0.3) is 0 Å². The second-order valence-electron chi connectivity index (χ2n) is 7.70. The summed E-state index contributed by atoms with van der Waals surface area (Å²) in [5.74, 6) is 1.18. The Hall–Kier alpha value is -2.24. The first-order chi connectivity index (χ1) is 14.3. The number of hydrogen-bond acceptors (Lipinski definition) is 6. The summed E-state index contributed by atoms with van der Waals surface area (Å²) in [6.45, 7) is 4.85.